The minimum Gasteiger partial charge on any atom is -0.325 e. The molecular formula is C20H22BrNO2. The Bertz CT molecular complexity index is 804. The van der Waals surface area contributed by atoms with Gasteiger partial charge in [-0.3, -0.25) is 9.59 Å². The minimum absolute atomic E-state index is 0.108. The molecule has 126 valence electrons. The Morgan fingerprint density at radius 2 is 1.62 bits per heavy atom. The average Bonchev–Trinajstić information content (AvgIpc) is 2.49. The summed E-state index contributed by atoms with van der Waals surface area (Å²) in [6, 6.07) is 11.0. The number of nitrogens with one attached hydrogen (secondary N) is 1. The molecule has 0 aliphatic rings. The molecule has 0 aliphatic carbocycles. The van der Waals surface area contributed by atoms with Crippen molar-refractivity contribution in [3.05, 3.63) is 63.1 Å². The summed E-state index contributed by atoms with van der Waals surface area (Å²) in [7, 11) is 0. The normalized spacial score (nSPS) is 11.2. The number of aryl methyl sites for hydroxylation is 2. The van der Waals surface area contributed by atoms with Gasteiger partial charge >= 0.3 is 0 Å². The SMILES string of the molecule is Cc1cc(NC(=O)C(C)(C)C)c(C(=O)c2cccc(Br)c2)cc1C. The van der Waals surface area contributed by atoms with Gasteiger partial charge in [-0.15, -0.1) is 0 Å². The zero-order valence-electron chi connectivity index (χ0n) is 14.7. The molecule has 2 aromatic carbocycles. The van der Waals surface area contributed by atoms with E-state index in [9.17, 15) is 9.59 Å². The highest BCUT2D eigenvalue weighted by molar-refractivity contribution is 9.10. The first-order chi connectivity index (χ1) is 11.1. The van der Waals surface area contributed by atoms with Crippen molar-refractivity contribution in [1.82, 2.24) is 0 Å². The summed E-state index contributed by atoms with van der Waals surface area (Å²) in [5.74, 6) is -0.224. The van der Waals surface area contributed by atoms with Crippen LogP contribution in [-0.2, 0) is 4.79 Å². The van der Waals surface area contributed by atoms with Crippen LogP contribution in [0.15, 0.2) is 40.9 Å². The third-order valence-electron chi connectivity index (χ3n) is 3.89. The Hall–Kier alpha value is -1.94. The van der Waals surface area contributed by atoms with Gasteiger partial charge in [-0.1, -0.05) is 48.8 Å². The standard InChI is InChI=1S/C20H22BrNO2/c1-12-9-16(18(23)14-7-6-8-15(21)11-14)17(10-13(12)2)22-19(24)20(3,4)5/h6-11H,1-5H3,(H,22,24). The Labute approximate surface area is 151 Å². The van der Waals surface area contributed by atoms with Crippen LogP contribution in [0.2, 0.25) is 0 Å². The van der Waals surface area contributed by atoms with E-state index in [-0.39, 0.29) is 11.7 Å². The van der Waals surface area contributed by atoms with Crippen molar-refractivity contribution >= 4 is 33.3 Å². The van der Waals surface area contributed by atoms with E-state index in [2.05, 4.69) is 21.2 Å². The van der Waals surface area contributed by atoms with E-state index in [1.54, 1.807) is 12.1 Å². The molecule has 0 heterocycles. The summed E-state index contributed by atoms with van der Waals surface area (Å²) in [6.07, 6.45) is 0. The van der Waals surface area contributed by atoms with Gasteiger partial charge in [-0.25, -0.2) is 0 Å². The molecule has 2 aromatic rings. The van der Waals surface area contributed by atoms with Gasteiger partial charge in [0.05, 0.1) is 5.69 Å². The van der Waals surface area contributed by atoms with Crippen molar-refractivity contribution in [1.29, 1.82) is 0 Å². The second-order valence-electron chi connectivity index (χ2n) is 7.03. The lowest BCUT2D eigenvalue weighted by Crippen LogP contribution is -2.28. The van der Waals surface area contributed by atoms with Crippen LogP contribution in [0.1, 0.15) is 47.8 Å². The molecule has 4 heteroatoms. The molecule has 0 atom stereocenters. The first kappa shape index (κ1) is 18.4. The van der Waals surface area contributed by atoms with E-state index in [4.69, 9.17) is 0 Å². The summed E-state index contributed by atoms with van der Waals surface area (Å²) in [6.45, 7) is 9.47. The molecular weight excluding hydrogens is 366 g/mol. The Morgan fingerprint density at radius 1 is 1.00 bits per heavy atom. The number of carbonyl (C=O) groups is 2. The van der Waals surface area contributed by atoms with Crippen molar-refractivity contribution in [2.45, 2.75) is 34.6 Å². The smallest absolute Gasteiger partial charge is 0.229 e. The summed E-state index contributed by atoms with van der Waals surface area (Å²) in [4.78, 5) is 25.3. The van der Waals surface area contributed by atoms with Gasteiger partial charge in [0.1, 0.15) is 0 Å². The third-order valence-corrected chi connectivity index (χ3v) is 4.39. The molecule has 0 aromatic heterocycles. The number of benzene rings is 2. The lowest BCUT2D eigenvalue weighted by Gasteiger charge is -2.20. The molecule has 1 N–H and O–H groups in total. The van der Waals surface area contributed by atoms with Gasteiger partial charge in [0.2, 0.25) is 5.91 Å². The average molecular weight is 388 g/mol. The van der Waals surface area contributed by atoms with Gasteiger partial charge in [0.15, 0.2) is 5.78 Å². The number of anilines is 1. The fourth-order valence-electron chi connectivity index (χ4n) is 2.20. The van der Waals surface area contributed by atoms with Gasteiger partial charge in [-0.2, -0.15) is 0 Å². The largest absolute Gasteiger partial charge is 0.325 e. The second-order valence-corrected chi connectivity index (χ2v) is 7.94. The summed E-state index contributed by atoms with van der Waals surface area (Å²) in [5, 5.41) is 2.91. The van der Waals surface area contributed by atoms with E-state index in [1.165, 1.54) is 0 Å². The molecule has 0 aliphatic heterocycles. The molecule has 0 unspecified atom stereocenters. The fraction of sp³-hybridized carbons (Fsp3) is 0.300. The van der Waals surface area contributed by atoms with Crippen LogP contribution < -0.4 is 5.32 Å². The highest BCUT2D eigenvalue weighted by Crippen LogP contribution is 2.27. The predicted molar refractivity (Wildman–Crippen MR) is 102 cm³/mol. The maximum atomic E-state index is 12.9. The van der Waals surface area contributed by atoms with Crippen LogP contribution in [-0.4, -0.2) is 11.7 Å². The Morgan fingerprint density at radius 3 is 2.21 bits per heavy atom. The lowest BCUT2D eigenvalue weighted by molar-refractivity contribution is -0.123. The molecule has 0 fully saturated rings. The predicted octanol–water partition coefficient (Wildman–Crippen LogP) is 5.28. The number of ketones is 1. The number of halogens is 1. The molecule has 0 saturated carbocycles. The Balaban J connectivity index is 2.50. The van der Waals surface area contributed by atoms with Crippen LogP contribution in [0.3, 0.4) is 0 Å². The van der Waals surface area contributed by atoms with Crippen LogP contribution >= 0.6 is 15.9 Å². The van der Waals surface area contributed by atoms with Crippen LogP contribution in [0.4, 0.5) is 5.69 Å². The van der Waals surface area contributed by atoms with Gasteiger partial charge in [0, 0.05) is 21.0 Å². The zero-order valence-corrected chi connectivity index (χ0v) is 16.2. The molecule has 3 nitrogen and oxygen atoms in total. The van der Waals surface area contributed by atoms with Crippen molar-refractivity contribution in [3.8, 4) is 0 Å². The molecule has 0 radical (unpaired) electrons. The van der Waals surface area contributed by atoms with E-state index in [0.717, 1.165) is 15.6 Å². The number of hydrogen-bond acceptors (Lipinski definition) is 2. The van der Waals surface area contributed by atoms with Crippen LogP contribution in [0.25, 0.3) is 0 Å². The summed E-state index contributed by atoms with van der Waals surface area (Å²) in [5.41, 5.74) is 3.16. The van der Waals surface area contributed by atoms with Gasteiger partial charge in [0.25, 0.3) is 0 Å². The third kappa shape index (κ3) is 4.12. The number of amides is 1. The van der Waals surface area contributed by atoms with E-state index in [1.807, 2.05) is 58.9 Å². The lowest BCUT2D eigenvalue weighted by atomic mass is 9.93. The molecule has 0 spiro atoms. The molecule has 2 rings (SSSR count). The minimum atomic E-state index is -0.533. The molecule has 1 amide bonds. The molecule has 0 saturated heterocycles. The van der Waals surface area contributed by atoms with Crippen molar-refractivity contribution in [3.63, 3.8) is 0 Å². The van der Waals surface area contributed by atoms with Crippen LogP contribution in [0, 0.1) is 19.3 Å². The van der Waals surface area contributed by atoms with E-state index >= 15 is 0 Å². The summed E-state index contributed by atoms with van der Waals surface area (Å²) >= 11 is 3.39. The number of rotatable bonds is 3. The van der Waals surface area contributed by atoms with E-state index < -0.39 is 5.41 Å². The topological polar surface area (TPSA) is 46.2 Å². The van der Waals surface area contributed by atoms with Crippen LogP contribution in [0.5, 0.6) is 0 Å². The van der Waals surface area contributed by atoms with Gasteiger partial charge in [-0.05, 0) is 49.2 Å². The highest BCUT2D eigenvalue weighted by Gasteiger charge is 2.24. The van der Waals surface area contributed by atoms with Crippen molar-refractivity contribution < 1.29 is 9.59 Å². The van der Waals surface area contributed by atoms with Crippen molar-refractivity contribution in [2.75, 3.05) is 5.32 Å². The maximum Gasteiger partial charge on any atom is 0.229 e. The first-order valence-corrected chi connectivity index (χ1v) is 8.62. The summed E-state index contributed by atoms with van der Waals surface area (Å²) < 4.78 is 0.845. The Kier molecular flexibility index (Phi) is 5.29. The monoisotopic (exact) mass is 387 g/mol. The molecule has 24 heavy (non-hydrogen) atoms. The van der Waals surface area contributed by atoms with Gasteiger partial charge < -0.3 is 5.32 Å². The fourth-order valence-corrected chi connectivity index (χ4v) is 2.60. The zero-order chi connectivity index (χ0) is 18.1. The number of hydrogen-bond donors (Lipinski definition) is 1. The van der Waals surface area contributed by atoms with Crippen molar-refractivity contribution in [2.24, 2.45) is 5.41 Å². The first-order valence-electron chi connectivity index (χ1n) is 7.82. The quantitative estimate of drug-likeness (QED) is 0.727. The second kappa shape index (κ2) is 6.89. The molecule has 0 bridgehead atoms. The maximum absolute atomic E-state index is 12.9. The number of carbonyl (C=O) groups excluding carboxylic acids is 2. The van der Waals surface area contributed by atoms with E-state index in [0.29, 0.717) is 16.8 Å². The highest BCUT2D eigenvalue weighted by atomic mass is 79.9.